The zero-order chi connectivity index (χ0) is 20.8. The van der Waals surface area contributed by atoms with Gasteiger partial charge in [-0.1, -0.05) is 0 Å². The lowest BCUT2D eigenvalue weighted by Gasteiger charge is -2.32. The summed E-state index contributed by atoms with van der Waals surface area (Å²) in [6.07, 6.45) is -2.00. The molecular weight excluding hydrogens is 405 g/mol. The van der Waals surface area contributed by atoms with Crippen LogP contribution < -0.4 is 4.90 Å². The van der Waals surface area contributed by atoms with E-state index >= 15 is 0 Å². The molecule has 3 N–H and O–H groups in total. The molecule has 2 saturated heterocycles. The summed E-state index contributed by atoms with van der Waals surface area (Å²) >= 11 is 0. The molecule has 2 aromatic heterocycles. The minimum atomic E-state index is -3.85. The topological polar surface area (TPSA) is 163 Å². The van der Waals surface area contributed by atoms with Crippen LogP contribution in [-0.4, -0.2) is 74.3 Å². The lowest BCUT2D eigenvalue weighted by molar-refractivity contribution is -0.238. The van der Waals surface area contributed by atoms with Crippen molar-refractivity contribution in [3.05, 3.63) is 18.1 Å². The van der Waals surface area contributed by atoms with Crippen LogP contribution in [0.3, 0.4) is 0 Å². The van der Waals surface area contributed by atoms with Gasteiger partial charge in [0.15, 0.2) is 6.23 Å². The molecule has 0 amide bonds. The Morgan fingerprint density at radius 1 is 1.38 bits per heavy atom. The normalized spacial score (nSPS) is 28.9. The van der Waals surface area contributed by atoms with Gasteiger partial charge < -0.3 is 29.3 Å². The number of aromatic nitrogens is 3. The van der Waals surface area contributed by atoms with Crippen molar-refractivity contribution in [2.45, 2.75) is 31.0 Å². The van der Waals surface area contributed by atoms with Crippen LogP contribution >= 0.6 is 7.60 Å². The Morgan fingerprint density at radius 2 is 2.14 bits per heavy atom. The zero-order valence-electron chi connectivity index (χ0n) is 15.5. The van der Waals surface area contributed by atoms with Gasteiger partial charge in [-0.2, -0.15) is 5.26 Å². The second-order valence-electron chi connectivity index (χ2n) is 6.99. The number of aliphatic hydroxyl groups is 2. The van der Waals surface area contributed by atoms with Crippen LogP contribution in [0.15, 0.2) is 12.3 Å². The van der Waals surface area contributed by atoms with Crippen LogP contribution in [0.25, 0.3) is 11.0 Å². The first-order valence-electron chi connectivity index (χ1n) is 8.95. The summed E-state index contributed by atoms with van der Waals surface area (Å²) < 4.78 is 22.7. The number of ether oxygens (including phenoxy) is 1. The number of aliphatic hydroxyl groups excluding tert-OH is 2. The summed E-state index contributed by atoms with van der Waals surface area (Å²) in [4.78, 5) is 24.3. The Hall–Kier alpha value is -2.10. The Morgan fingerprint density at radius 3 is 2.76 bits per heavy atom. The Bertz CT molecular complexity index is 997. The van der Waals surface area contributed by atoms with E-state index in [-0.39, 0.29) is 12.4 Å². The van der Waals surface area contributed by atoms with E-state index in [9.17, 15) is 20.0 Å². The maximum absolute atomic E-state index is 11.1. The van der Waals surface area contributed by atoms with E-state index in [4.69, 9.17) is 9.63 Å². The molecule has 4 rings (SSSR count). The predicted molar refractivity (Wildman–Crippen MR) is 97.8 cm³/mol. The fourth-order valence-corrected chi connectivity index (χ4v) is 3.59. The molecule has 29 heavy (non-hydrogen) atoms. The van der Waals surface area contributed by atoms with Crippen LogP contribution in [0.4, 0.5) is 5.82 Å². The van der Waals surface area contributed by atoms with Crippen LogP contribution in [0.1, 0.15) is 18.5 Å². The fraction of sp³-hybridized carbons (Fsp3) is 0.562. The molecule has 2 fully saturated rings. The van der Waals surface area contributed by atoms with Gasteiger partial charge in [-0.05, 0) is 12.5 Å². The average molecular weight is 425 g/mol. The molecule has 156 valence electrons. The number of nitriles is 1. The van der Waals surface area contributed by atoms with Crippen molar-refractivity contribution >= 4 is 24.4 Å². The molecule has 1 unspecified atom stereocenters. The highest BCUT2D eigenvalue weighted by Crippen LogP contribution is 2.38. The maximum atomic E-state index is 11.1. The van der Waals surface area contributed by atoms with Crippen LogP contribution in [0.2, 0.25) is 0 Å². The summed E-state index contributed by atoms with van der Waals surface area (Å²) in [6.45, 7) is 2.23. The highest BCUT2D eigenvalue weighted by atomic mass is 31.2. The molecule has 4 heterocycles. The smallest absolute Gasteiger partial charge is 0.352 e. The van der Waals surface area contributed by atoms with Gasteiger partial charge in [-0.3, -0.25) is 4.57 Å². The van der Waals surface area contributed by atoms with Crippen molar-refractivity contribution in [2.75, 3.05) is 31.3 Å². The summed E-state index contributed by atoms with van der Waals surface area (Å²) in [5, 5.41) is 30.7. The van der Waals surface area contributed by atoms with Crippen molar-refractivity contribution in [2.24, 2.45) is 0 Å². The minimum absolute atomic E-state index is 0.0117. The molecular formula is C16H20N5O7P. The van der Waals surface area contributed by atoms with Crippen molar-refractivity contribution < 1.29 is 34.0 Å². The molecule has 0 aliphatic carbocycles. The minimum Gasteiger partial charge on any atom is -0.387 e. The first-order valence-corrected chi connectivity index (χ1v) is 11.0. The van der Waals surface area contributed by atoms with Crippen molar-refractivity contribution in [3.63, 3.8) is 0 Å². The van der Waals surface area contributed by atoms with Crippen molar-refractivity contribution in [1.29, 1.82) is 5.26 Å². The van der Waals surface area contributed by atoms with Gasteiger partial charge in [0.05, 0.1) is 5.39 Å². The van der Waals surface area contributed by atoms with Gasteiger partial charge in [0.1, 0.15) is 42.5 Å². The van der Waals surface area contributed by atoms with E-state index in [0.29, 0.717) is 16.9 Å². The molecule has 13 heteroatoms. The number of nitrogens with zero attached hydrogens (tertiary/aromatic N) is 5. The summed E-state index contributed by atoms with van der Waals surface area (Å²) in [6, 6.07) is 3.70. The molecule has 5 atom stereocenters. The Balaban J connectivity index is 1.61. The second kappa shape index (κ2) is 7.62. The highest BCUT2D eigenvalue weighted by molar-refractivity contribution is 7.51. The van der Waals surface area contributed by atoms with Crippen LogP contribution in [0, 0.1) is 11.3 Å². The van der Waals surface area contributed by atoms with Gasteiger partial charge in [0, 0.05) is 26.0 Å². The molecule has 2 aliphatic rings. The quantitative estimate of drug-likeness (QED) is 0.321. The summed E-state index contributed by atoms with van der Waals surface area (Å²) in [7, 11) is -3.85. The maximum Gasteiger partial charge on any atom is 0.352 e. The van der Waals surface area contributed by atoms with Gasteiger partial charge in [0.25, 0.3) is 0 Å². The Labute approximate surface area is 165 Å². The van der Waals surface area contributed by atoms with E-state index in [2.05, 4.69) is 19.5 Å². The fourth-order valence-electron chi connectivity index (χ4n) is 3.33. The largest absolute Gasteiger partial charge is 0.387 e. The monoisotopic (exact) mass is 425 g/mol. The van der Waals surface area contributed by atoms with E-state index < -0.39 is 32.1 Å². The third-order valence-corrected chi connectivity index (χ3v) is 5.22. The molecule has 2 aliphatic heterocycles. The standard InChI is InChI=1S/C16H20N5O7P/c1-29(24,25)28-26-8-10-12(22)13(23)16(27-10)21-6-3-9-14(20-4-2-5-20)18-11(7-17)19-15(9)21/h3,6,10,12-13,16,22-23H,2,4-5,8H2,1H3,(H,24,25)/t10-,12-,13-,16-/m1/s1. The third-order valence-electron chi connectivity index (χ3n) is 4.84. The highest BCUT2D eigenvalue weighted by Gasteiger charge is 2.44. The Kier molecular flexibility index (Phi) is 5.30. The van der Waals surface area contributed by atoms with Crippen LogP contribution in [-0.2, 0) is 18.9 Å². The molecule has 12 nitrogen and oxygen atoms in total. The molecule has 0 saturated carbocycles. The van der Waals surface area contributed by atoms with Crippen LogP contribution in [0.5, 0.6) is 0 Å². The molecule has 0 aromatic carbocycles. The lowest BCUT2D eigenvalue weighted by atomic mass is 10.1. The van der Waals surface area contributed by atoms with Crippen molar-refractivity contribution in [1.82, 2.24) is 14.5 Å². The number of fused-ring (bicyclic) bond motifs is 1. The summed E-state index contributed by atoms with van der Waals surface area (Å²) in [5.41, 5.74) is 0.390. The van der Waals surface area contributed by atoms with Gasteiger partial charge in [0.2, 0.25) is 5.82 Å². The zero-order valence-corrected chi connectivity index (χ0v) is 16.3. The average Bonchev–Trinajstić information content (AvgIpc) is 3.15. The number of anilines is 1. The van der Waals surface area contributed by atoms with Gasteiger partial charge in [-0.25, -0.2) is 14.9 Å². The molecule has 0 bridgehead atoms. The number of hydrogen-bond acceptors (Lipinski definition) is 10. The van der Waals surface area contributed by atoms with E-state index in [1.807, 2.05) is 11.0 Å². The first-order chi connectivity index (χ1) is 13.8. The van der Waals surface area contributed by atoms with E-state index in [1.165, 1.54) is 4.57 Å². The predicted octanol–water partition coefficient (Wildman–Crippen LogP) is -0.104. The SMILES string of the molecule is CP(=O)(O)OOC[C@H]1O[C@@H](n2ccc3c(N4CCC4)nc(C#N)nc32)[C@H](O)[C@@H]1O. The van der Waals surface area contributed by atoms with Gasteiger partial charge in [-0.15, -0.1) is 4.67 Å². The number of hydrogen-bond donors (Lipinski definition) is 3. The second-order valence-corrected chi connectivity index (χ2v) is 8.75. The summed E-state index contributed by atoms with van der Waals surface area (Å²) in [5.74, 6) is 0.627. The van der Waals surface area contributed by atoms with Crippen molar-refractivity contribution in [3.8, 4) is 6.07 Å². The molecule has 0 radical (unpaired) electrons. The third kappa shape index (κ3) is 3.86. The molecule has 0 spiro atoms. The molecule has 2 aromatic rings. The van der Waals surface area contributed by atoms with E-state index in [0.717, 1.165) is 26.2 Å². The van der Waals surface area contributed by atoms with Gasteiger partial charge >= 0.3 is 7.60 Å². The first kappa shape index (κ1) is 20.2. The van der Waals surface area contributed by atoms with E-state index in [1.54, 1.807) is 12.3 Å². The number of rotatable bonds is 6. The lowest BCUT2D eigenvalue weighted by Crippen LogP contribution is -2.38.